The highest BCUT2D eigenvalue weighted by molar-refractivity contribution is 8.00. The molecule has 1 saturated carbocycles. The highest BCUT2D eigenvalue weighted by Gasteiger charge is 2.63. The molecule has 388 valence electrons. The molecule has 1 aromatic rings. The molecule has 4 saturated heterocycles. The smallest absolute Gasteiger partial charge is 0.409 e. The number of alkyl carbamates (subject to hydrolysis) is 1. The maximum atomic E-state index is 14.2. The standard InChI is InChI=1S/C49H63ClN4O16S/c1-28-8-7-9-35(65-6)49(63)25-37(68-46(62)51-49)48(3)27-47(2,70-48)36(24-40(57)52(4)32-21-30(20-28)22-33(64-5)43(32)50)67-42(59)16-17-66-18-19-71-34-23-41(58)53(44(34)60)26-29-10-12-31(13-11-29)45(61)69-54-38(55)14-15-39(54)56/h7-9,21-22,29,31,34-37,63H,10-20,23-27H2,1-6H3,(H,51,62)/b9-7+,28-8+/t29?,31?,34?,35-,36+,37+,47-,48+,49+/m1/s1. The summed E-state index contributed by atoms with van der Waals surface area (Å²) < 4.78 is 35.3. The number of esters is 1. The van der Waals surface area contributed by atoms with Gasteiger partial charge in [-0.25, -0.2) is 9.59 Å². The van der Waals surface area contributed by atoms with E-state index in [-0.39, 0.29) is 87.5 Å². The molecule has 6 aliphatic heterocycles. The number of hydroxylamine groups is 2. The number of anilines is 1. The number of allylic oxidation sites excluding steroid dienone is 3. The van der Waals surface area contributed by atoms with E-state index in [0.717, 1.165) is 11.1 Å². The highest BCUT2D eigenvalue weighted by atomic mass is 35.5. The molecule has 6 amide bonds. The number of benzene rings is 1. The van der Waals surface area contributed by atoms with Crippen LogP contribution >= 0.6 is 23.4 Å². The summed E-state index contributed by atoms with van der Waals surface area (Å²) in [5.41, 5.74) is -2.25. The number of rotatable bonds is 14. The van der Waals surface area contributed by atoms with E-state index in [0.29, 0.717) is 54.4 Å². The highest BCUT2D eigenvalue weighted by Crippen LogP contribution is 2.50. The number of hydrogen-bond donors (Lipinski definition) is 2. The average molecular weight is 1030 g/mol. The SMILES string of the molecule is COc1cc2cc(c1Cl)N(C)C(=O)C[C@H](OC(=O)CCOCCSC1CC(=O)N(CC3CCC(C(=O)ON4C(=O)CCC4=O)CC3)C1=O)[C@@]1(C)C[C@](C)(O1)[C@@H]1C[C@@](O)(NC(=O)O1)[C@H](OC)/C=C/C=C(\C)C2. The Labute approximate surface area is 421 Å². The van der Waals surface area contributed by atoms with Gasteiger partial charge in [0.05, 0.1) is 50.0 Å². The number of ether oxygens (including phenoxy) is 6. The summed E-state index contributed by atoms with van der Waals surface area (Å²) in [5.74, 6) is -3.18. The monoisotopic (exact) mass is 1030 g/mol. The quantitative estimate of drug-likeness (QED) is 0.148. The molecule has 1 aliphatic carbocycles. The van der Waals surface area contributed by atoms with Gasteiger partial charge < -0.3 is 43.3 Å². The minimum Gasteiger partial charge on any atom is -0.495 e. The zero-order valence-electron chi connectivity index (χ0n) is 40.9. The maximum absolute atomic E-state index is 14.2. The molecule has 1 unspecified atom stereocenters. The van der Waals surface area contributed by atoms with E-state index in [1.165, 1.54) is 35.8 Å². The molecule has 22 heteroatoms. The number of fused-ring (bicyclic) bond motifs is 6. The van der Waals surface area contributed by atoms with Crippen molar-refractivity contribution in [3.05, 3.63) is 46.5 Å². The number of likely N-dealkylation sites (tertiary alicyclic amines) is 1. The van der Waals surface area contributed by atoms with Crippen molar-refractivity contribution in [1.82, 2.24) is 15.3 Å². The minimum absolute atomic E-state index is 0.00625. The zero-order valence-corrected chi connectivity index (χ0v) is 42.4. The van der Waals surface area contributed by atoms with Gasteiger partial charge in [-0.3, -0.25) is 39.0 Å². The lowest BCUT2D eigenvalue weighted by Gasteiger charge is -2.59. The molecule has 7 atom stereocenters. The number of carbonyl (C=O) groups excluding carboxylic acids is 8. The first-order valence-corrected chi connectivity index (χ1v) is 25.3. The van der Waals surface area contributed by atoms with Gasteiger partial charge >= 0.3 is 18.0 Å². The number of halogens is 1. The fourth-order valence-corrected chi connectivity index (χ4v) is 11.6. The number of carbonyl (C=O) groups is 8. The lowest BCUT2D eigenvalue weighted by molar-refractivity contribution is -0.328. The van der Waals surface area contributed by atoms with E-state index in [9.17, 15) is 43.5 Å². The summed E-state index contributed by atoms with van der Waals surface area (Å²) >= 11 is 8.07. The van der Waals surface area contributed by atoms with Gasteiger partial charge in [0.25, 0.3) is 11.8 Å². The first-order valence-electron chi connectivity index (χ1n) is 23.9. The average Bonchev–Trinajstić information content (AvgIpc) is 3.77. The number of aliphatic hydroxyl groups is 1. The first-order chi connectivity index (χ1) is 33.6. The Balaban J connectivity index is 0.935. The van der Waals surface area contributed by atoms with Crippen LogP contribution in [0.3, 0.4) is 0 Å². The zero-order chi connectivity index (χ0) is 51.4. The van der Waals surface area contributed by atoms with E-state index >= 15 is 0 Å². The van der Waals surface area contributed by atoms with Gasteiger partial charge in [-0.15, -0.1) is 16.8 Å². The second-order valence-corrected chi connectivity index (χ2v) is 21.2. The summed E-state index contributed by atoms with van der Waals surface area (Å²) in [4.78, 5) is 111. The predicted molar refractivity (Wildman–Crippen MR) is 254 cm³/mol. The summed E-state index contributed by atoms with van der Waals surface area (Å²) in [7, 11) is 4.45. The van der Waals surface area contributed by atoms with Crippen LogP contribution in [0.15, 0.2) is 35.9 Å². The van der Waals surface area contributed by atoms with Gasteiger partial charge in [0.15, 0.2) is 5.72 Å². The fourth-order valence-electron chi connectivity index (χ4n) is 10.3. The van der Waals surface area contributed by atoms with Gasteiger partial charge in [-0.05, 0) is 76.5 Å². The van der Waals surface area contributed by atoms with Crippen molar-refractivity contribution < 1.29 is 76.7 Å². The Bertz CT molecular complexity index is 2320. The number of thioether (sulfide) groups is 1. The molecule has 6 bridgehead atoms. The van der Waals surface area contributed by atoms with Crippen molar-refractivity contribution in [2.45, 2.75) is 138 Å². The van der Waals surface area contributed by atoms with E-state index in [2.05, 4.69) is 5.32 Å². The van der Waals surface area contributed by atoms with Crippen LogP contribution in [0.5, 0.6) is 5.75 Å². The van der Waals surface area contributed by atoms with Crippen LogP contribution in [-0.2, 0) is 68.5 Å². The first kappa shape index (κ1) is 53.7. The predicted octanol–water partition coefficient (Wildman–Crippen LogP) is 4.49. The molecular formula is C49H63ClN4O16S. The Morgan fingerprint density at radius 2 is 1.66 bits per heavy atom. The summed E-state index contributed by atoms with van der Waals surface area (Å²) in [6.07, 6.45) is 3.26. The van der Waals surface area contributed by atoms with Gasteiger partial charge in [-0.1, -0.05) is 35.4 Å². The second-order valence-electron chi connectivity index (χ2n) is 19.5. The van der Waals surface area contributed by atoms with Gasteiger partial charge in [0.1, 0.15) is 40.3 Å². The van der Waals surface area contributed by atoms with Crippen LogP contribution in [0.1, 0.15) is 97.0 Å². The fraction of sp³-hybridized carbons (Fsp3) is 0.633. The molecule has 5 fully saturated rings. The van der Waals surface area contributed by atoms with Crippen molar-refractivity contribution in [3.8, 4) is 5.75 Å². The van der Waals surface area contributed by atoms with Crippen LogP contribution in [0.25, 0.3) is 0 Å². The molecule has 6 heterocycles. The van der Waals surface area contributed by atoms with Crippen molar-refractivity contribution in [2.75, 3.05) is 51.7 Å². The van der Waals surface area contributed by atoms with Gasteiger partial charge in [0, 0.05) is 58.6 Å². The van der Waals surface area contributed by atoms with Crippen LogP contribution < -0.4 is 15.0 Å². The molecule has 71 heavy (non-hydrogen) atoms. The largest absolute Gasteiger partial charge is 0.495 e. The van der Waals surface area contributed by atoms with E-state index in [4.69, 9.17) is 44.9 Å². The third-order valence-corrected chi connectivity index (χ3v) is 15.7. The lowest BCUT2D eigenvalue weighted by atomic mass is 9.72. The molecule has 1 aromatic carbocycles. The van der Waals surface area contributed by atoms with Crippen molar-refractivity contribution in [2.24, 2.45) is 11.8 Å². The van der Waals surface area contributed by atoms with E-state index in [1.807, 2.05) is 13.0 Å². The molecule has 20 nitrogen and oxygen atoms in total. The maximum Gasteiger partial charge on any atom is 0.409 e. The number of nitrogens with one attached hydrogen (secondary N) is 1. The third kappa shape index (κ3) is 12.2. The number of methoxy groups -OCH3 is 2. The van der Waals surface area contributed by atoms with Gasteiger partial charge in [0.2, 0.25) is 17.7 Å². The van der Waals surface area contributed by atoms with E-state index in [1.54, 1.807) is 45.2 Å². The van der Waals surface area contributed by atoms with Crippen LogP contribution in [0, 0.1) is 11.8 Å². The van der Waals surface area contributed by atoms with Gasteiger partial charge in [-0.2, -0.15) is 0 Å². The molecule has 0 radical (unpaired) electrons. The van der Waals surface area contributed by atoms with Crippen molar-refractivity contribution >= 4 is 76.6 Å². The lowest BCUT2D eigenvalue weighted by Crippen LogP contribution is -2.72. The summed E-state index contributed by atoms with van der Waals surface area (Å²) in [6.45, 7) is 5.67. The topological polar surface area (TPSA) is 243 Å². The van der Waals surface area contributed by atoms with Crippen molar-refractivity contribution in [1.29, 1.82) is 0 Å². The molecule has 2 N–H and O–H groups in total. The molecule has 0 spiro atoms. The molecular weight excluding hydrogens is 968 g/mol. The van der Waals surface area contributed by atoms with Crippen LogP contribution in [-0.4, -0.2) is 150 Å². The number of amides is 6. The van der Waals surface area contributed by atoms with Crippen molar-refractivity contribution in [3.63, 3.8) is 0 Å². The third-order valence-electron chi connectivity index (χ3n) is 14.1. The molecule has 8 rings (SSSR count). The molecule has 0 aromatic heterocycles. The normalized spacial score (nSPS) is 32.7. The second kappa shape index (κ2) is 22.4. The van der Waals surface area contributed by atoms with E-state index < -0.39 is 82.2 Å². The Kier molecular flexibility index (Phi) is 16.9. The molecule has 7 aliphatic rings. The number of hydrogen-bond acceptors (Lipinski definition) is 17. The summed E-state index contributed by atoms with van der Waals surface area (Å²) in [5, 5.41) is 14.5. The Hall–Kier alpha value is -5.06. The Morgan fingerprint density at radius 1 is 0.958 bits per heavy atom. The van der Waals surface area contributed by atoms with Crippen LogP contribution in [0.4, 0.5) is 10.5 Å². The number of nitrogens with zero attached hydrogens (tertiary/aromatic N) is 3. The minimum atomic E-state index is -1.88. The van der Waals surface area contributed by atoms with Crippen LogP contribution in [0.2, 0.25) is 5.02 Å². The summed E-state index contributed by atoms with van der Waals surface area (Å²) in [6, 6.07) is 3.56. The number of imide groups is 2. The Morgan fingerprint density at radius 3 is 2.34 bits per heavy atom.